The average molecular weight is 222 g/mol. The highest BCUT2D eigenvalue weighted by atomic mass is 16.3. The van der Waals surface area contributed by atoms with Crippen molar-refractivity contribution in [3.05, 3.63) is 24.0 Å². The summed E-state index contributed by atoms with van der Waals surface area (Å²) in [4.78, 5) is 17.5. The standard InChI is InChI=1S/C12H18N2O2/c1-3-5-8-14(4-2)12(16)10-6-7-13-9-11(10)15/h6-7,9,15H,3-5,8H2,1-2H3. The van der Waals surface area contributed by atoms with E-state index in [0.717, 1.165) is 19.4 Å². The minimum absolute atomic E-state index is 0.0533. The maximum atomic E-state index is 12.0. The fourth-order valence-electron chi connectivity index (χ4n) is 1.49. The summed E-state index contributed by atoms with van der Waals surface area (Å²) < 4.78 is 0. The van der Waals surface area contributed by atoms with Crippen molar-refractivity contribution in [2.75, 3.05) is 13.1 Å². The van der Waals surface area contributed by atoms with Crippen molar-refractivity contribution in [3.63, 3.8) is 0 Å². The van der Waals surface area contributed by atoms with E-state index in [-0.39, 0.29) is 11.7 Å². The Morgan fingerprint density at radius 1 is 1.50 bits per heavy atom. The van der Waals surface area contributed by atoms with E-state index < -0.39 is 0 Å². The van der Waals surface area contributed by atoms with Crippen LogP contribution in [0.4, 0.5) is 0 Å². The summed E-state index contributed by atoms with van der Waals surface area (Å²) in [5, 5.41) is 9.54. The van der Waals surface area contributed by atoms with Gasteiger partial charge in [0, 0.05) is 19.3 Å². The molecule has 0 saturated carbocycles. The summed E-state index contributed by atoms with van der Waals surface area (Å²) in [6.07, 6.45) is 4.83. The Bertz CT molecular complexity index is 353. The lowest BCUT2D eigenvalue weighted by atomic mass is 10.2. The molecule has 88 valence electrons. The molecule has 1 amide bonds. The average Bonchev–Trinajstić information content (AvgIpc) is 2.30. The van der Waals surface area contributed by atoms with Gasteiger partial charge in [-0.05, 0) is 19.4 Å². The minimum atomic E-state index is -0.129. The van der Waals surface area contributed by atoms with Crippen LogP contribution in [0.2, 0.25) is 0 Å². The Morgan fingerprint density at radius 2 is 2.25 bits per heavy atom. The molecular formula is C12H18N2O2. The van der Waals surface area contributed by atoms with E-state index in [2.05, 4.69) is 11.9 Å². The zero-order valence-electron chi connectivity index (χ0n) is 9.81. The van der Waals surface area contributed by atoms with Crippen LogP contribution in [0.15, 0.2) is 18.5 Å². The van der Waals surface area contributed by atoms with Gasteiger partial charge in [-0.1, -0.05) is 13.3 Å². The molecule has 0 saturated heterocycles. The van der Waals surface area contributed by atoms with Crippen molar-refractivity contribution in [1.82, 2.24) is 9.88 Å². The Hall–Kier alpha value is -1.58. The molecule has 0 fully saturated rings. The maximum Gasteiger partial charge on any atom is 0.257 e. The third kappa shape index (κ3) is 2.95. The number of aromatic hydroxyl groups is 1. The first kappa shape index (κ1) is 12.5. The molecule has 0 radical (unpaired) electrons. The van der Waals surface area contributed by atoms with Gasteiger partial charge in [0.05, 0.1) is 11.8 Å². The molecule has 0 aromatic carbocycles. The number of aromatic nitrogens is 1. The summed E-state index contributed by atoms with van der Waals surface area (Å²) in [6, 6.07) is 1.55. The molecule has 1 aromatic rings. The number of hydrogen-bond donors (Lipinski definition) is 1. The molecule has 1 heterocycles. The SMILES string of the molecule is CCCCN(CC)C(=O)c1ccncc1O. The van der Waals surface area contributed by atoms with Gasteiger partial charge in [-0.15, -0.1) is 0 Å². The van der Waals surface area contributed by atoms with Gasteiger partial charge in [0.1, 0.15) is 5.75 Å². The summed E-state index contributed by atoms with van der Waals surface area (Å²) >= 11 is 0. The lowest BCUT2D eigenvalue weighted by molar-refractivity contribution is 0.0759. The third-order valence-corrected chi connectivity index (χ3v) is 2.48. The van der Waals surface area contributed by atoms with Crippen LogP contribution >= 0.6 is 0 Å². The Labute approximate surface area is 95.9 Å². The molecule has 0 aliphatic heterocycles. The van der Waals surface area contributed by atoms with Crippen LogP contribution in [0.5, 0.6) is 5.75 Å². The summed E-state index contributed by atoms with van der Waals surface area (Å²) in [5.74, 6) is -0.182. The predicted molar refractivity (Wildman–Crippen MR) is 62.4 cm³/mol. The molecule has 0 spiro atoms. The Balaban J connectivity index is 2.79. The monoisotopic (exact) mass is 222 g/mol. The number of carbonyl (C=O) groups excluding carboxylic acids is 1. The van der Waals surface area contributed by atoms with Crippen molar-refractivity contribution < 1.29 is 9.90 Å². The van der Waals surface area contributed by atoms with E-state index >= 15 is 0 Å². The first-order chi connectivity index (χ1) is 7.70. The van der Waals surface area contributed by atoms with Crippen LogP contribution in [-0.2, 0) is 0 Å². The topological polar surface area (TPSA) is 53.4 Å². The molecule has 1 rings (SSSR count). The van der Waals surface area contributed by atoms with Gasteiger partial charge >= 0.3 is 0 Å². The first-order valence-electron chi connectivity index (χ1n) is 5.63. The molecule has 0 aliphatic carbocycles. The molecule has 1 N–H and O–H groups in total. The number of rotatable bonds is 5. The smallest absolute Gasteiger partial charge is 0.257 e. The van der Waals surface area contributed by atoms with Crippen LogP contribution in [0.3, 0.4) is 0 Å². The zero-order chi connectivity index (χ0) is 12.0. The summed E-state index contributed by atoms with van der Waals surface area (Å²) in [7, 11) is 0. The van der Waals surface area contributed by atoms with Crippen molar-refractivity contribution >= 4 is 5.91 Å². The minimum Gasteiger partial charge on any atom is -0.505 e. The van der Waals surface area contributed by atoms with E-state index in [1.807, 2.05) is 6.92 Å². The van der Waals surface area contributed by atoms with Gasteiger partial charge in [0.25, 0.3) is 5.91 Å². The van der Waals surface area contributed by atoms with Gasteiger partial charge in [0.15, 0.2) is 0 Å². The molecule has 1 aromatic heterocycles. The summed E-state index contributed by atoms with van der Waals surface area (Å²) in [5.41, 5.74) is 0.327. The lowest BCUT2D eigenvalue weighted by Gasteiger charge is -2.20. The fraction of sp³-hybridized carbons (Fsp3) is 0.500. The molecule has 16 heavy (non-hydrogen) atoms. The van der Waals surface area contributed by atoms with Crippen LogP contribution in [0.1, 0.15) is 37.0 Å². The summed E-state index contributed by atoms with van der Waals surface area (Å²) in [6.45, 7) is 5.40. The van der Waals surface area contributed by atoms with E-state index in [0.29, 0.717) is 12.1 Å². The van der Waals surface area contributed by atoms with Crippen LogP contribution in [0.25, 0.3) is 0 Å². The lowest BCUT2D eigenvalue weighted by Crippen LogP contribution is -2.31. The van der Waals surface area contributed by atoms with Gasteiger partial charge in [0.2, 0.25) is 0 Å². The third-order valence-electron chi connectivity index (χ3n) is 2.48. The molecule has 0 unspecified atom stereocenters. The number of pyridine rings is 1. The van der Waals surface area contributed by atoms with E-state index in [9.17, 15) is 9.90 Å². The molecule has 4 heteroatoms. The van der Waals surface area contributed by atoms with E-state index in [1.165, 1.54) is 12.4 Å². The van der Waals surface area contributed by atoms with Crippen molar-refractivity contribution in [3.8, 4) is 5.75 Å². The number of carbonyl (C=O) groups is 1. The second-order valence-corrected chi connectivity index (χ2v) is 3.63. The number of hydrogen-bond acceptors (Lipinski definition) is 3. The highest BCUT2D eigenvalue weighted by Gasteiger charge is 2.16. The molecule has 4 nitrogen and oxygen atoms in total. The zero-order valence-corrected chi connectivity index (χ0v) is 9.81. The van der Waals surface area contributed by atoms with Crippen LogP contribution in [-0.4, -0.2) is 34.0 Å². The highest BCUT2D eigenvalue weighted by Crippen LogP contribution is 2.16. The molecule has 0 atom stereocenters. The first-order valence-corrected chi connectivity index (χ1v) is 5.63. The van der Waals surface area contributed by atoms with Gasteiger partial charge in [-0.3, -0.25) is 9.78 Å². The predicted octanol–water partition coefficient (Wildman–Crippen LogP) is 2.05. The van der Waals surface area contributed by atoms with Crippen LogP contribution < -0.4 is 0 Å². The second kappa shape index (κ2) is 6.10. The van der Waals surface area contributed by atoms with Crippen molar-refractivity contribution in [1.29, 1.82) is 0 Å². The number of nitrogens with zero attached hydrogens (tertiary/aromatic N) is 2. The maximum absolute atomic E-state index is 12.0. The Morgan fingerprint density at radius 3 is 2.81 bits per heavy atom. The van der Waals surface area contributed by atoms with Crippen molar-refractivity contribution in [2.45, 2.75) is 26.7 Å². The molecule has 0 aliphatic rings. The largest absolute Gasteiger partial charge is 0.505 e. The molecular weight excluding hydrogens is 204 g/mol. The van der Waals surface area contributed by atoms with Crippen molar-refractivity contribution in [2.24, 2.45) is 0 Å². The molecule has 0 bridgehead atoms. The fourth-order valence-corrected chi connectivity index (χ4v) is 1.49. The van der Waals surface area contributed by atoms with Crippen LogP contribution in [0, 0.1) is 0 Å². The number of amides is 1. The van der Waals surface area contributed by atoms with Gasteiger partial charge < -0.3 is 10.0 Å². The second-order valence-electron chi connectivity index (χ2n) is 3.63. The highest BCUT2D eigenvalue weighted by molar-refractivity contribution is 5.96. The normalized spacial score (nSPS) is 10.1. The quantitative estimate of drug-likeness (QED) is 0.829. The van der Waals surface area contributed by atoms with Gasteiger partial charge in [-0.25, -0.2) is 0 Å². The number of unbranched alkanes of at least 4 members (excludes halogenated alkanes) is 1. The van der Waals surface area contributed by atoms with E-state index in [1.54, 1.807) is 11.0 Å². The Kier molecular flexibility index (Phi) is 4.76. The van der Waals surface area contributed by atoms with E-state index in [4.69, 9.17) is 0 Å². The van der Waals surface area contributed by atoms with Gasteiger partial charge in [-0.2, -0.15) is 0 Å².